The minimum absolute atomic E-state index is 0.0261. The number of nitrogens with zero attached hydrogens (tertiary/aromatic N) is 3. The van der Waals surface area contributed by atoms with E-state index in [-0.39, 0.29) is 24.5 Å². The van der Waals surface area contributed by atoms with E-state index in [1.54, 1.807) is 34.2 Å². The van der Waals surface area contributed by atoms with Crippen LogP contribution in [-0.4, -0.2) is 33.4 Å². The number of amides is 1. The third-order valence-electron chi connectivity index (χ3n) is 3.51. The van der Waals surface area contributed by atoms with Gasteiger partial charge in [-0.15, -0.1) is 11.3 Å². The van der Waals surface area contributed by atoms with Crippen LogP contribution in [0.2, 0.25) is 0 Å². The highest BCUT2D eigenvalue weighted by Crippen LogP contribution is 2.22. The van der Waals surface area contributed by atoms with Crippen LogP contribution in [0.5, 0.6) is 0 Å². The highest BCUT2D eigenvalue weighted by atomic mass is 32.1. The van der Waals surface area contributed by atoms with Gasteiger partial charge in [-0.2, -0.15) is 5.10 Å². The first-order valence-corrected chi connectivity index (χ1v) is 8.00. The predicted molar refractivity (Wildman–Crippen MR) is 87.0 cm³/mol. The van der Waals surface area contributed by atoms with Crippen LogP contribution in [0.3, 0.4) is 0 Å². The number of carbonyl (C=O) groups is 2. The van der Waals surface area contributed by atoms with Gasteiger partial charge in [0.05, 0.1) is 6.20 Å². The largest absolute Gasteiger partial charge is 0.341 e. The monoisotopic (exact) mass is 319 g/mol. The molecule has 118 valence electrons. The average Bonchev–Trinajstić information content (AvgIpc) is 3.01. The van der Waals surface area contributed by atoms with Crippen molar-refractivity contribution in [3.8, 4) is 0 Å². The number of aromatic nitrogens is 2. The van der Waals surface area contributed by atoms with Crippen LogP contribution in [-0.2, 0) is 18.4 Å². The zero-order valence-corrected chi connectivity index (χ0v) is 14.2. The molecule has 0 aliphatic heterocycles. The summed E-state index contributed by atoms with van der Waals surface area (Å²) in [5.41, 5.74) is 1.74. The molecule has 6 heteroatoms. The molecule has 22 heavy (non-hydrogen) atoms. The average molecular weight is 319 g/mol. The quantitative estimate of drug-likeness (QED) is 0.769. The number of carbonyl (C=O) groups excluding carboxylic acids is 2. The number of hydrogen-bond donors (Lipinski definition) is 0. The minimum atomic E-state index is -0.0261. The fourth-order valence-corrected chi connectivity index (χ4v) is 3.31. The smallest absolute Gasteiger partial charge is 0.223 e. The predicted octanol–water partition coefficient (Wildman–Crippen LogP) is 2.72. The van der Waals surface area contributed by atoms with Crippen LogP contribution < -0.4 is 0 Å². The van der Waals surface area contributed by atoms with Gasteiger partial charge in [-0.1, -0.05) is 0 Å². The number of thiophene rings is 1. The summed E-state index contributed by atoms with van der Waals surface area (Å²) in [6, 6.07) is 1.91. The minimum Gasteiger partial charge on any atom is -0.341 e. The molecular formula is C16H21N3O2S. The maximum atomic E-state index is 12.2. The van der Waals surface area contributed by atoms with Gasteiger partial charge in [-0.3, -0.25) is 14.3 Å². The first-order chi connectivity index (χ1) is 10.4. The first-order valence-electron chi connectivity index (χ1n) is 7.18. The van der Waals surface area contributed by atoms with Gasteiger partial charge in [0.15, 0.2) is 5.78 Å². The van der Waals surface area contributed by atoms with Crippen molar-refractivity contribution >= 4 is 23.0 Å². The summed E-state index contributed by atoms with van der Waals surface area (Å²) in [5.74, 6) is 0.0202. The maximum Gasteiger partial charge on any atom is 0.223 e. The Kier molecular flexibility index (Phi) is 5.13. The number of aryl methyl sites for hydroxylation is 3. The molecular weight excluding hydrogens is 298 g/mol. The lowest BCUT2D eigenvalue weighted by molar-refractivity contribution is -0.130. The Balaban J connectivity index is 1.86. The molecule has 0 fully saturated rings. The van der Waals surface area contributed by atoms with Crippen molar-refractivity contribution in [3.05, 3.63) is 39.3 Å². The second-order valence-electron chi connectivity index (χ2n) is 5.52. The Bertz CT molecular complexity index is 687. The molecule has 0 bridgehead atoms. The summed E-state index contributed by atoms with van der Waals surface area (Å²) in [4.78, 5) is 28.1. The van der Waals surface area contributed by atoms with Crippen LogP contribution in [0.15, 0.2) is 18.5 Å². The Morgan fingerprint density at radius 1 is 1.32 bits per heavy atom. The lowest BCUT2D eigenvalue weighted by atomic mass is 10.1. The Hall–Kier alpha value is -1.95. The van der Waals surface area contributed by atoms with E-state index in [4.69, 9.17) is 0 Å². The SMILES string of the molecule is Cc1cc(C(=O)CCC(=O)N(C)Cc2cnn(C)c2)c(C)s1. The van der Waals surface area contributed by atoms with Crippen molar-refractivity contribution < 1.29 is 9.59 Å². The summed E-state index contributed by atoms with van der Waals surface area (Å²) in [6.45, 7) is 4.44. The van der Waals surface area contributed by atoms with Gasteiger partial charge >= 0.3 is 0 Å². The van der Waals surface area contributed by atoms with Crippen LogP contribution in [0, 0.1) is 13.8 Å². The zero-order chi connectivity index (χ0) is 16.3. The van der Waals surface area contributed by atoms with Crippen molar-refractivity contribution in [2.24, 2.45) is 7.05 Å². The van der Waals surface area contributed by atoms with Crippen molar-refractivity contribution in [1.29, 1.82) is 0 Å². The first kappa shape index (κ1) is 16.4. The Morgan fingerprint density at radius 3 is 2.59 bits per heavy atom. The van der Waals surface area contributed by atoms with Gasteiger partial charge in [-0.05, 0) is 19.9 Å². The molecule has 2 aromatic heterocycles. The van der Waals surface area contributed by atoms with Gasteiger partial charge in [-0.25, -0.2) is 0 Å². The molecule has 0 aliphatic carbocycles. The summed E-state index contributed by atoms with van der Waals surface area (Å²) in [6.07, 6.45) is 4.12. The number of hydrogen-bond acceptors (Lipinski definition) is 4. The third-order valence-corrected chi connectivity index (χ3v) is 4.48. The van der Waals surface area contributed by atoms with Crippen molar-refractivity contribution in [1.82, 2.24) is 14.7 Å². The van der Waals surface area contributed by atoms with E-state index in [1.807, 2.05) is 33.2 Å². The molecule has 0 N–H and O–H groups in total. The molecule has 2 heterocycles. The van der Waals surface area contributed by atoms with Gasteiger partial charge in [0, 0.05) is 60.6 Å². The molecule has 1 amide bonds. The second-order valence-corrected chi connectivity index (χ2v) is 6.98. The van der Waals surface area contributed by atoms with E-state index in [9.17, 15) is 9.59 Å². The Morgan fingerprint density at radius 2 is 2.05 bits per heavy atom. The zero-order valence-electron chi connectivity index (χ0n) is 13.4. The number of ketones is 1. The van der Waals surface area contributed by atoms with Gasteiger partial charge in [0.2, 0.25) is 5.91 Å². The van der Waals surface area contributed by atoms with Crippen LogP contribution >= 0.6 is 11.3 Å². The molecule has 5 nitrogen and oxygen atoms in total. The van der Waals surface area contributed by atoms with Gasteiger partial charge in [0.25, 0.3) is 0 Å². The van der Waals surface area contributed by atoms with Gasteiger partial charge < -0.3 is 4.90 Å². The molecule has 0 radical (unpaired) electrons. The molecule has 0 saturated heterocycles. The molecule has 0 spiro atoms. The summed E-state index contributed by atoms with van der Waals surface area (Å²) in [7, 11) is 3.59. The van der Waals surface area contributed by atoms with E-state index in [0.29, 0.717) is 6.54 Å². The number of Topliss-reactive ketones (excluding diaryl/α,β-unsaturated/α-hetero) is 1. The van der Waals surface area contributed by atoms with E-state index < -0.39 is 0 Å². The highest BCUT2D eigenvalue weighted by Gasteiger charge is 2.16. The van der Waals surface area contributed by atoms with Crippen molar-refractivity contribution in [2.75, 3.05) is 7.05 Å². The third kappa shape index (κ3) is 4.04. The second kappa shape index (κ2) is 6.87. The lowest BCUT2D eigenvalue weighted by Gasteiger charge is -2.15. The molecule has 0 saturated carbocycles. The topological polar surface area (TPSA) is 55.2 Å². The van der Waals surface area contributed by atoms with Crippen molar-refractivity contribution in [2.45, 2.75) is 33.2 Å². The van der Waals surface area contributed by atoms with Crippen LogP contribution in [0.1, 0.15) is 38.5 Å². The van der Waals surface area contributed by atoms with E-state index >= 15 is 0 Å². The normalized spacial score (nSPS) is 10.7. The fraction of sp³-hybridized carbons (Fsp3) is 0.438. The van der Waals surface area contributed by atoms with Crippen LogP contribution in [0.25, 0.3) is 0 Å². The lowest BCUT2D eigenvalue weighted by Crippen LogP contribution is -2.26. The molecule has 0 unspecified atom stereocenters. The standard InChI is InChI=1S/C16H21N3O2S/c1-11-7-14(12(2)22-11)15(20)5-6-16(21)18(3)9-13-8-17-19(4)10-13/h7-8,10H,5-6,9H2,1-4H3. The fourth-order valence-electron chi connectivity index (χ4n) is 2.37. The van der Waals surface area contributed by atoms with E-state index in [0.717, 1.165) is 20.9 Å². The molecule has 2 aromatic rings. The number of rotatable bonds is 6. The van der Waals surface area contributed by atoms with E-state index in [1.165, 1.54) is 0 Å². The molecule has 0 atom stereocenters. The van der Waals surface area contributed by atoms with Gasteiger partial charge in [0.1, 0.15) is 0 Å². The molecule has 0 aromatic carbocycles. The summed E-state index contributed by atoms with van der Waals surface area (Å²) in [5, 5.41) is 4.08. The molecule has 0 aliphatic rings. The summed E-state index contributed by atoms with van der Waals surface area (Å²) < 4.78 is 1.71. The van der Waals surface area contributed by atoms with Crippen molar-refractivity contribution in [3.63, 3.8) is 0 Å². The molecule has 2 rings (SSSR count). The maximum absolute atomic E-state index is 12.2. The summed E-state index contributed by atoms with van der Waals surface area (Å²) >= 11 is 1.62. The highest BCUT2D eigenvalue weighted by molar-refractivity contribution is 7.12. The Labute approximate surface area is 134 Å². The van der Waals surface area contributed by atoms with Crippen LogP contribution in [0.4, 0.5) is 0 Å². The van der Waals surface area contributed by atoms with E-state index in [2.05, 4.69) is 5.10 Å².